The number of amides is 1. The number of hydrogen-bond acceptors (Lipinski definition) is 2. The molecule has 2 aromatic carbocycles. The molecule has 2 rings (SSSR count). The van der Waals surface area contributed by atoms with E-state index in [1.807, 2.05) is 0 Å². The van der Waals surface area contributed by atoms with Gasteiger partial charge in [0, 0.05) is 13.6 Å². The summed E-state index contributed by atoms with van der Waals surface area (Å²) in [5.74, 6) is -1.35. The predicted molar refractivity (Wildman–Crippen MR) is 93.2 cm³/mol. The largest absolute Gasteiger partial charge is 0.478 e. The molecule has 108 valence electrons. The van der Waals surface area contributed by atoms with E-state index in [0.717, 1.165) is 3.57 Å². The van der Waals surface area contributed by atoms with Gasteiger partial charge >= 0.3 is 5.97 Å². The van der Waals surface area contributed by atoms with Gasteiger partial charge in [0.15, 0.2) is 0 Å². The van der Waals surface area contributed by atoms with Crippen LogP contribution in [0.15, 0.2) is 40.9 Å². The maximum atomic E-state index is 12.1. The van der Waals surface area contributed by atoms with Gasteiger partial charge in [-0.15, -0.1) is 0 Å². The lowest BCUT2D eigenvalue weighted by Crippen LogP contribution is -2.12. The smallest absolute Gasteiger partial charge is 0.335 e. The highest BCUT2D eigenvalue weighted by Gasteiger charge is 2.12. The Morgan fingerprint density at radius 2 is 1.81 bits per heavy atom. The Morgan fingerprint density at radius 1 is 1.14 bits per heavy atom. The highest BCUT2D eigenvalue weighted by molar-refractivity contribution is 14.1. The number of carboxylic acid groups (broad SMARTS) is 1. The van der Waals surface area contributed by atoms with Crippen molar-refractivity contribution in [3.8, 4) is 0 Å². The summed E-state index contributed by atoms with van der Waals surface area (Å²) in [5.41, 5.74) is 1.05. The van der Waals surface area contributed by atoms with Crippen molar-refractivity contribution >= 4 is 67.7 Å². The lowest BCUT2D eigenvalue weighted by atomic mass is 10.2. The predicted octanol–water partition coefficient (Wildman–Crippen LogP) is 4.66. The molecule has 0 atom stereocenters. The molecule has 0 radical (unpaired) electrons. The second kappa shape index (κ2) is 6.76. The average molecular weight is 480 g/mol. The van der Waals surface area contributed by atoms with Crippen LogP contribution in [0.2, 0.25) is 5.02 Å². The Kier molecular flexibility index (Phi) is 5.23. The topological polar surface area (TPSA) is 66.4 Å². The zero-order valence-electron chi connectivity index (χ0n) is 10.4. The number of halogens is 3. The molecule has 2 aromatic rings. The van der Waals surface area contributed by atoms with Crippen molar-refractivity contribution in [1.82, 2.24) is 0 Å². The minimum Gasteiger partial charge on any atom is -0.478 e. The Hall–Kier alpha value is -1.12. The molecular weight excluding hydrogens is 472 g/mol. The van der Waals surface area contributed by atoms with Gasteiger partial charge in [0.2, 0.25) is 0 Å². The van der Waals surface area contributed by atoms with Crippen LogP contribution >= 0.6 is 50.1 Å². The van der Waals surface area contributed by atoms with Gasteiger partial charge in [-0.05, 0) is 74.9 Å². The number of carboxylic acids is 1. The van der Waals surface area contributed by atoms with Gasteiger partial charge in [-0.3, -0.25) is 4.79 Å². The highest BCUT2D eigenvalue weighted by Crippen LogP contribution is 2.25. The summed E-state index contributed by atoms with van der Waals surface area (Å²) < 4.78 is 1.35. The lowest BCUT2D eigenvalue weighted by Gasteiger charge is -2.09. The fraction of sp³-hybridized carbons (Fsp3) is 0. The van der Waals surface area contributed by atoms with Crippen LogP contribution in [0, 0.1) is 3.57 Å². The molecule has 2 N–H and O–H groups in total. The summed E-state index contributed by atoms with van der Waals surface area (Å²) in [6.45, 7) is 0. The molecule has 0 unspecified atom stereocenters. The van der Waals surface area contributed by atoms with Crippen molar-refractivity contribution in [3.05, 3.63) is 60.6 Å². The Balaban J connectivity index is 2.23. The number of hydrogen-bond donors (Lipinski definition) is 2. The van der Waals surface area contributed by atoms with Gasteiger partial charge in [0.05, 0.1) is 16.3 Å². The second-order valence-electron chi connectivity index (χ2n) is 4.08. The molecular formula is C14H8BrClINO3. The molecule has 0 saturated carbocycles. The maximum absolute atomic E-state index is 12.1. The number of carbonyl (C=O) groups excluding carboxylic acids is 1. The molecule has 1 amide bonds. The van der Waals surface area contributed by atoms with Gasteiger partial charge in [0.1, 0.15) is 0 Å². The fourth-order valence-corrected chi connectivity index (χ4v) is 2.58. The molecule has 0 fully saturated rings. The third-order valence-electron chi connectivity index (χ3n) is 2.65. The van der Waals surface area contributed by atoms with Crippen LogP contribution in [-0.4, -0.2) is 17.0 Å². The molecule has 4 nitrogen and oxygen atoms in total. The Morgan fingerprint density at radius 3 is 2.38 bits per heavy atom. The number of benzene rings is 2. The molecule has 21 heavy (non-hydrogen) atoms. The van der Waals surface area contributed by atoms with Gasteiger partial charge in [-0.1, -0.05) is 11.6 Å². The first kappa shape index (κ1) is 16.3. The fourth-order valence-electron chi connectivity index (χ4n) is 1.58. The third kappa shape index (κ3) is 3.96. The quantitative estimate of drug-likeness (QED) is 0.629. The monoisotopic (exact) mass is 479 g/mol. The Bertz CT molecular complexity index is 736. The zero-order valence-corrected chi connectivity index (χ0v) is 14.9. The number of aromatic carboxylic acids is 1. The summed E-state index contributed by atoms with van der Waals surface area (Å²) in [6.07, 6.45) is 0. The molecule has 0 aliphatic rings. The van der Waals surface area contributed by atoms with E-state index < -0.39 is 5.97 Å². The molecule has 0 aliphatic heterocycles. The van der Waals surface area contributed by atoms with Crippen LogP contribution in [-0.2, 0) is 0 Å². The molecule has 7 heteroatoms. The first-order valence-corrected chi connectivity index (χ1v) is 7.92. The van der Waals surface area contributed by atoms with E-state index in [0.29, 0.717) is 20.7 Å². The van der Waals surface area contributed by atoms with Crippen LogP contribution in [0.3, 0.4) is 0 Å². The van der Waals surface area contributed by atoms with Crippen LogP contribution < -0.4 is 5.32 Å². The normalized spacial score (nSPS) is 10.2. The maximum Gasteiger partial charge on any atom is 0.335 e. The van der Waals surface area contributed by atoms with Gasteiger partial charge < -0.3 is 10.4 Å². The van der Waals surface area contributed by atoms with Crippen LogP contribution in [0.5, 0.6) is 0 Å². The molecule has 0 saturated heterocycles. The number of anilines is 1. The molecule has 0 aromatic heterocycles. The minimum atomic E-state index is -1.03. The summed E-state index contributed by atoms with van der Waals surface area (Å²) in [7, 11) is 0. The minimum absolute atomic E-state index is 0.136. The highest BCUT2D eigenvalue weighted by atomic mass is 127. The zero-order chi connectivity index (χ0) is 15.6. The summed E-state index contributed by atoms with van der Waals surface area (Å²) >= 11 is 11.3. The summed E-state index contributed by atoms with van der Waals surface area (Å²) in [5, 5.41) is 12.1. The first-order chi connectivity index (χ1) is 9.88. The van der Waals surface area contributed by atoms with E-state index in [1.165, 1.54) is 18.2 Å². The van der Waals surface area contributed by atoms with Crippen molar-refractivity contribution < 1.29 is 14.7 Å². The number of nitrogens with one attached hydrogen (secondary N) is 1. The first-order valence-electron chi connectivity index (χ1n) is 5.67. The average Bonchev–Trinajstić information content (AvgIpc) is 2.43. The summed E-state index contributed by atoms with van der Waals surface area (Å²) in [6, 6.07) is 9.38. The SMILES string of the molecule is O=C(O)c1ccc(NC(=O)c2ccc(I)c(Cl)c2)c(Br)c1. The molecule has 0 bridgehead atoms. The van der Waals surface area contributed by atoms with E-state index in [4.69, 9.17) is 16.7 Å². The van der Waals surface area contributed by atoms with Crippen molar-refractivity contribution in [2.45, 2.75) is 0 Å². The number of carbonyl (C=O) groups is 2. The Labute approximate surface area is 147 Å². The summed E-state index contributed by atoms with van der Waals surface area (Å²) in [4.78, 5) is 23.0. The lowest BCUT2D eigenvalue weighted by molar-refractivity contribution is 0.0696. The van der Waals surface area contributed by atoms with Crippen molar-refractivity contribution in [2.75, 3.05) is 5.32 Å². The van der Waals surface area contributed by atoms with Gasteiger partial charge in [-0.25, -0.2) is 4.79 Å². The van der Waals surface area contributed by atoms with Crippen molar-refractivity contribution in [3.63, 3.8) is 0 Å². The number of rotatable bonds is 3. The van der Waals surface area contributed by atoms with Crippen molar-refractivity contribution in [2.24, 2.45) is 0 Å². The van der Waals surface area contributed by atoms with Gasteiger partial charge in [-0.2, -0.15) is 0 Å². The molecule has 0 aliphatic carbocycles. The van der Waals surface area contributed by atoms with Crippen LogP contribution in [0.4, 0.5) is 5.69 Å². The van der Waals surface area contributed by atoms with Gasteiger partial charge in [0.25, 0.3) is 5.91 Å². The van der Waals surface area contributed by atoms with E-state index in [2.05, 4.69) is 43.8 Å². The second-order valence-corrected chi connectivity index (χ2v) is 6.51. The van der Waals surface area contributed by atoms with Crippen molar-refractivity contribution in [1.29, 1.82) is 0 Å². The van der Waals surface area contributed by atoms with E-state index >= 15 is 0 Å². The van der Waals surface area contributed by atoms with Crippen LogP contribution in [0.1, 0.15) is 20.7 Å². The van der Waals surface area contributed by atoms with Crippen LogP contribution in [0.25, 0.3) is 0 Å². The molecule has 0 heterocycles. The molecule has 0 spiro atoms. The third-order valence-corrected chi connectivity index (χ3v) is 4.87. The standard InChI is InChI=1S/C14H8BrClINO3/c15-9-5-8(14(20)21)2-4-12(9)18-13(19)7-1-3-11(17)10(16)6-7/h1-6H,(H,18,19)(H,20,21). The van der Waals surface area contributed by atoms with E-state index in [9.17, 15) is 9.59 Å². The van der Waals surface area contributed by atoms with E-state index in [1.54, 1.807) is 18.2 Å². The van der Waals surface area contributed by atoms with E-state index in [-0.39, 0.29) is 11.5 Å².